The van der Waals surface area contributed by atoms with Crippen LogP contribution in [0.3, 0.4) is 0 Å². The first-order valence-electron chi connectivity index (χ1n) is 11.0. The van der Waals surface area contributed by atoms with Crippen LogP contribution in [0.4, 0.5) is 11.5 Å². The number of nitrogens with one attached hydrogen (secondary N) is 1. The van der Waals surface area contributed by atoms with Gasteiger partial charge >= 0.3 is 5.69 Å². The number of nitrogen functional groups attached to an aromatic ring is 1. The van der Waals surface area contributed by atoms with Crippen LogP contribution in [0.15, 0.2) is 38.8 Å². The Hall–Kier alpha value is -2.92. The zero-order chi connectivity index (χ0) is 24.3. The summed E-state index contributed by atoms with van der Waals surface area (Å²) in [4.78, 5) is 41.4. The minimum atomic E-state index is -3.64. The van der Waals surface area contributed by atoms with Crippen LogP contribution in [0.25, 0.3) is 0 Å². The highest BCUT2D eigenvalue weighted by Gasteiger charge is 2.34. The number of aromatic amines is 1. The molecule has 1 aromatic carbocycles. The number of amides is 1. The Kier molecular flexibility index (Phi) is 7.43. The number of H-pyrrole nitrogens is 1. The highest BCUT2D eigenvalue weighted by atomic mass is 32.2. The average molecular weight is 478 g/mol. The first-order chi connectivity index (χ1) is 15.6. The molecule has 2 heterocycles. The maximum Gasteiger partial charge on any atom is 0.330 e. The second kappa shape index (κ2) is 9.92. The lowest BCUT2D eigenvalue weighted by Gasteiger charge is -2.32. The molecule has 0 atom stereocenters. The second-order valence-corrected chi connectivity index (χ2v) is 10.3. The first-order valence-corrected chi connectivity index (χ1v) is 12.5. The molecule has 3 N–H and O–H groups in total. The number of aromatic nitrogens is 2. The molecule has 1 aliphatic rings. The molecule has 0 unspecified atom stereocenters. The number of hydrogen-bond acceptors (Lipinski definition) is 6. The zero-order valence-corrected chi connectivity index (χ0v) is 20.0. The Morgan fingerprint density at radius 2 is 1.79 bits per heavy atom. The predicted octanol–water partition coefficient (Wildman–Crippen LogP) is 1.29. The maximum absolute atomic E-state index is 13.1. The number of carbonyl (C=O) groups excluding carboxylic acids is 1. The number of aryl methyl sites for hydroxylation is 1. The van der Waals surface area contributed by atoms with Crippen LogP contribution in [0, 0.1) is 12.8 Å². The lowest BCUT2D eigenvalue weighted by atomic mass is 9.96. The average Bonchev–Trinajstić information content (AvgIpc) is 2.78. The standard InChI is InChI=1S/C22H31N5O5S/c1-4-5-12-27-19(23)18(20(28)24-22(27)30)25(3)21(29)16-10-13-26(14-11-16)33(31,32)17-8-6-15(2)7-9-17/h6-9,16H,4-5,10-14,23H2,1-3H3,(H,24,28,30). The minimum absolute atomic E-state index is 0.0487. The van der Waals surface area contributed by atoms with Crippen molar-refractivity contribution >= 4 is 27.4 Å². The van der Waals surface area contributed by atoms with E-state index in [-0.39, 0.29) is 35.4 Å². The molecule has 1 amide bonds. The van der Waals surface area contributed by atoms with Gasteiger partial charge in [-0.15, -0.1) is 0 Å². The number of hydrogen-bond donors (Lipinski definition) is 2. The number of anilines is 2. The van der Waals surface area contributed by atoms with Gasteiger partial charge in [0.25, 0.3) is 5.56 Å². The fraction of sp³-hybridized carbons (Fsp3) is 0.500. The molecule has 0 spiro atoms. The van der Waals surface area contributed by atoms with E-state index in [1.807, 2.05) is 13.8 Å². The summed E-state index contributed by atoms with van der Waals surface area (Å²) >= 11 is 0. The summed E-state index contributed by atoms with van der Waals surface area (Å²) in [6.45, 7) is 4.58. The molecule has 0 saturated carbocycles. The third-order valence-electron chi connectivity index (χ3n) is 6.08. The van der Waals surface area contributed by atoms with Crippen molar-refractivity contribution in [1.82, 2.24) is 13.9 Å². The molecule has 0 radical (unpaired) electrons. The van der Waals surface area contributed by atoms with Gasteiger partial charge in [0.05, 0.1) is 4.90 Å². The van der Waals surface area contributed by atoms with Crippen molar-refractivity contribution in [3.8, 4) is 0 Å². The van der Waals surface area contributed by atoms with Crippen molar-refractivity contribution < 1.29 is 13.2 Å². The smallest absolute Gasteiger partial charge is 0.330 e. The summed E-state index contributed by atoms with van der Waals surface area (Å²) in [5.41, 5.74) is 5.69. The van der Waals surface area contributed by atoms with Gasteiger partial charge in [-0.2, -0.15) is 4.31 Å². The minimum Gasteiger partial charge on any atom is -0.383 e. The van der Waals surface area contributed by atoms with E-state index in [4.69, 9.17) is 5.73 Å². The first kappa shape index (κ1) is 24.7. The van der Waals surface area contributed by atoms with E-state index < -0.39 is 27.2 Å². The number of piperidine rings is 1. The predicted molar refractivity (Wildman–Crippen MR) is 127 cm³/mol. The van der Waals surface area contributed by atoms with Gasteiger partial charge in [-0.05, 0) is 38.3 Å². The van der Waals surface area contributed by atoms with Gasteiger partial charge in [-0.3, -0.25) is 19.1 Å². The third-order valence-corrected chi connectivity index (χ3v) is 7.99. The van der Waals surface area contributed by atoms with Gasteiger partial charge in [-0.25, -0.2) is 13.2 Å². The number of benzene rings is 1. The molecule has 0 aliphatic carbocycles. The van der Waals surface area contributed by atoms with Crippen molar-refractivity contribution in [3.63, 3.8) is 0 Å². The fourth-order valence-electron chi connectivity index (χ4n) is 4.03. The quantitative estimate of drug-likeness (QED) is 0.616. The number of carbonyl (C=O) groups is 1. The summed E-state index contributed by atoms with van der Waals surface area (Å²) in [7, 11) is -2.19. The van der Waals surface area contributed by atoms with Crippen LogP contribution in [-0.2, 0) is 21.4 Å². The summed E-state index contributed by atoms with van der Waals surface area (Å²) in [6, 6.07) is 6.66. The number of sulfonamides is 1. The summed E-state index contributed by atoms with van der Waals surface area (Å²) in [6.07, 6.45) is 2.17. The molecule has 3 rings (SSSR count). The van der Waals surface area contributed by atoms with Gasteiger partial charge in [-0.1, -0.05) is 31.0 Å². The maximum atomic E-state index is 13.1. The van der Waals surface area contributed by atoms with E-state index in [2.05, 4.69) is 4.98 Å². The van der Waals surface area contributed by atoms with Gasteiger partial charge in [0.15, 0.2) is 5.69 Å². The monoisotopic (exact) mass is 477 g/mol. The van der Waals surface area contributed by atoms with Crippen LogP contribution in [0.1, 0.15) is 38.2 Å². The normalized spacial score (nSPS) is 15.5. The molecule has 33 heavy (non-hydrogen) atoms. The second-order valence-electron chi connectivity index (χ2n) is 8.39. The molecule has 2 aromatic rings. The van der Waals surface area contributed by atoms with Crippen molar-refractivity contribution in [3.05, 3.63) is 50.7 Å². The summed E-state index contributed by atoms with van der Waals surface area (Å²) in [5, 5.41) is 0. The largest absolute Gasteiger partial charge is 0.383 e. The van der Waals surface area contributed by atoms with Crippen LogP contribution < -0.4 is 21.9 Å². The highest BCUT2D eigenvalue weighted by molar-refractivity contribution is 7.89. The Balaban J connectivity index is 1.75. The molecule has 11 heteroatoms. The van der Waals surface area contributed by atoms with Gasteiger partial charge in [0.2, 0.25) is 15.9 Å². The Morgan fingerprint density at radius 1 is 1.18 bits per heavy atom. The SMILES string of the molecule is CCCCn1c(N)c(N(C)C(=O)C2CCN(S(=O)(=O)c3ccc(C)cc3)CC2)c(=O)[nH]c1=O. The molecular formula is C22H31N5O5S. The van der Waals surface area contributed by atoms with Crippen molar-refractivity contribution in [2.75, 3.05) is 30.8 Å². The van der Waals surface area contributed by atoms with Gasteiger partial charge in [0, 0.05) is 32.6 Å². The Morgan fingerprint density at radius 3 is 2.36 bits per heavy atom. The third kappa shape index (κ3) is 5.03. The number of unbranched alkanes of at least 4 members (excludes halogenated alkanes) is 1. The van der Waals surface area contributed by atoms with Crippen LogP contribution in [0.5, 0.6) is 0 Å². The Labute approximate surface area is 193 Å². The Bertz CT molecular complexity index is 1230. The molecule has 10 nitrogen and oxygen atoms in total. The molecule has 1 saturated heterocycles. The van der Waals surface area contributed by atoms with Crippen LogP contribution in [0.2, 0.25) is 0 Å². The molecular weight excluding hydrogens is 446 g/mol. The topological polar surface area (TPSA) is 139 Å². The molecule has 1 aliphatic heterocycles. The van der Waals surface area contributed by atoms with Crippen molar-refractivity contribution in [2.45, 2.75) is 51.0 Å². The van der Waals surface area contributed by atoms with Crippen LogP contribution >= 0.6 is 0 Å². The highest BCUT2D eigenvalue weighted by Crippen LogP contribution is 2.27. The number of nitrogens with two attached hydrogens (primary N) is 1. The number of nitrogens with zero attached hydrogens (tertiary/aromatic N) is 3. The van der Waals surface area contributed by atoms with E-state index >= 15 is 0 Å². The van der Waals surface area contributed by atoms with Crippen molar-refractivity contribution in [1.29, 1.82) is 0 Å². The molecule has 1 aromatic heterocycles. The van der Waals surface area contributed by atoms with Crippen molar-refractivity contribution in [2.24, 2.45) is 5.92 Å². The van der Waals surface area contributed by atoms with E-state index in [0.717, 1.165) is 12.0 Å². The summed E-state index contributed by atoms with van der Waals surface area (Å²) in [5.74, 6) is -0.845. The van der Waals surface area contributed by atoms with E-state index in [9.17, 15) is 22.8 Å². The van der Waals surface area contributed by atoms with E-state index in [1.54, 1.807) is 24.3 Å². The molecule has 0 bridgehead atoms. The number of rotatable bonds is 7. The lowest BCUT2D eigenvalue weighted by molar-refractivity contribution is -0.123. The van der Waals surface area contributed by atoms with E-state index in [0.29, 0.717) is 25.8 Å². The van der Waals surface area contributed by atoms with Gasteiger partial charge in [0.1, 0.15) is 5.82 Å². The van der Waals surface area contributed by atoms with Crippen LogP contribution in [-0.4, -0.2) is 48.3 Å². The molecule has 180 valence electrons. The summed E-state index contributed by atoms with van der Waals surface area (Å²) < 4.78 is 28.5. The lowest BCUT2D eigenvalue weighted by Crippen LogP contribution is -2.45. The zero-order valence-electron chi connectivity index (χ0n) is 19.2. The fourth-order valence-corrected chi connectivity index (χ4v) is 5.50. The molecule has 1 fully saturated rings. The van der Waals surface area contributed by atoms with Gasteiger partial charge < -0.3 is 10.6 Å². The van der Waals surface area contributed by atoms with E-state index in [1.165, 1.54) is 20.8 Å².